The fourth-order valence-electron chi connectivity index (χ4n) is 0.948. The van der Waals surface area contributed by atoms with Gasteiger partial charge in [0.05, 0.1) is 13.7 Å². The van der Waals surface area contributed by atoms with Gasteiger partial charge in [0.2, 0.25) is 6.33 Å². The predicted molar refractivity (Wildman–Crippen MR) is 42.1 cm³/mol. The monoisotopic (exact) mass is 155 g/mol. The van der Waals surface area contributed by atoms with Gasteiger partial charge in [0, 0.05) is 6.61 Å². The van der Waals surface area contributed by atoms with Crippen molar-refractivity contribution in [2.45, 2.75) is 13.5 Å². The Labute approximate surface area is 67.2 Å². The molecule has 1 aromatic rings. The van der Waals surface area contributed by atoms with Crippen LogP contribution in [0.2, 0.25) is 0 Å². The van der Waals surface area contributed by atoms with Crippen LogP contribution < -0.4 is 4.57 Å². The van der Waals surface area contributed by atoms with E-state index in [1.54, 1.807) is 0 Å². The summed E-state index contributed by atoms with van der Waals surface area (Å²) in [5.74, 6) is 0. The van der Waals surface area contributed by atoms with Gasteiger partial charge in [0.15, 0.2) is 0 Å². The molecule has 3 heteroatoms. The van der Waals surface area contributed by atoms with Crippen molar-refractivity contribution in [3.8, 4) is 0 Å². The molecular formula is C8H15N2O+. The molecule has 0 amide bonds. The van der Waals surface area contributed by atoms with E-state index in [-0.39, 0.29) is 0 Å². The summed E-state index contributed by atoms with van der Waals surface area (Å²) in [6.45, 7) is 4.54. The minimum Gasteiger partial charge on any atom is -0.378 e. The summed E-state index contributed by atoms with van der Waals surface area (Å²) in [5.41, 5.74) is 0. The third-order valence-electron chi connectivity index (χ3n) is 1.52. The number of nitrogens with zero attached hydrogens (tertiary/aromatic N) is 2. The zero-order chi connectivity index (χ0) is 8.10. The Balaban J connectivity index is 2.27. The Kier molecular flexibility index (Phi) is 3.11. The van der Waals surface area contributed by atoms with E-state index in [0.717, 1.165) is 19.8 Å². The van der Waals surface area contributed by atoms with Gasteiger partial charge in [-0.25, -0.2) is 9.13 Å². The van der Waals surface area contributed by atoms with Crippen molar-refractivity contribution in [3.63, 3.8) is 0 Å². The van der Waals surface area contributed by atoms with Crippen LogP contribution in [-0.4, -0.2) is 17.8 Å². The minimum atomic E-state index is 0.797. The van der Waals surface area contributed by atoms with Crippen molar-refractivity contribution in [2.24, 2.45) is 7.05 Å². The highest BCUT2D eigenvalue weighted by molar-refractivity contribution is 4.61. The Bertz CT molecular complexity index is 208. The van der Waals surface area contributed by atoms with Gasteiger partial charge in [-0.1, -0.05) is 0 Å². The van der Waals surface area contributed by atoms with E-state index in [4.69, 9.17) is 4.74 Å². The Morgan fingerprint density at radius 3 is 2.91 bits per heavy atom. The summed E-state index contributed by atoms with van der Waals surface area (Å²) in [5, 5.41) is 0. The number of imidazole rings is 1. The standard InChI is InChI=1S/C8H15N2O/c1-3-11-7-6-10-5-4-9(2)8-10/h4-5,8H,3,6-7H2,1-2H3/q+1. The molecule has 0 radical (unpaired) electrons. The molecule has 0 N–H and O–H groups in total. The maximum atomic E-state index is 5.22. The Morgan fingerprint density at radius 1 is 1.55 bits per heavy atom. The van der Waals surface area contributed by atoms with E-state index in [1.165, 1.54) is 0 Å². The topological polar surface area (TPSA) is 18.0 Å². The molecule has 1 aromatic heterocycles. The van der Waals surface area contributed by atoms with E-state index in [2.05, 4.69) is 4.57 Å². The first-order chi connectivity index (χ1) is 5.33. The molecule has 0 atom stereocenters. The van der Waals surface area contributed by atoms with Crippen LogP contribution in [0.3, 0.4) is 0 Å². The Morgan fingerprint density at radius 2 is 2.36 bits per heavy atom. The quantitative estimate of drug-likeness (QED) is 0.453. The third kappa shape index (κ3) is 2.72. The van der Waals surface area contributed by atoms with Crippen LogP contribution in [0.15, 0.2) is 18.7 Å². The lowest BCUT2D eigenvalue weighted by atomic mass is 10.6. The molecule has 3 nitrogen and oxygen atoms in total. The van der Waals surface area contributed by atoms with E-state index >= 15 is 0 Å². The zero-order valence-electron chi connectivity index (χ0n) is 7.16. The first-order valence-corrected chi connectivity index (χ1v) is 3.91. The average molecular weight is 155 g/mol. The summed E-state index contributed by atoms with van der Waals surface area (Å²) in [6, 6.07) is 0. The summed E-state index contributed by atoms with van der Waals surface area (Å²) >= 11 is 0. The highest BCUT2D eigenvalue weighted by atomic mass is 16.5. The van der Waals surface area contributed by atoms with Crippen LogP contribution >= 0.6 is 0 Å². The molecule has 11 heavy (non-hydrogen) atoms. The fraction of sp³-hybridized carbons (Fsp3) is 0.625. The molecule has 1 rings (SSSR count). The van der Waals surface area contributed by atoms with Crippen molar-refractivity contribution in [1.29, 1.82) is 0 Å². The number of ether oxygens (including phenoxy) is 1. The molecule has 0 bridgehead atoms. The van der Waals surface area contributed by atoms with Crippen LogP contribution in [-0.2, 0) is 18.3 Å². The largest absolute Gasteiger partial charge is 0.378 e. The smallest absolute Gasteiger partial charge is 0.243 e. The summed E-state index contributed by atoms with van der Waals surface area (Å²) in [4.78, 5) is 0. The van der Waals surface area contributed by atoms with Crippen LogP contribution in [0.1, 0.15) is 6.92 Å². The van der Waals surface area contributed by atoms with Crippen molar-refractivity contribution in [2.75, 3.05) is 13.2 Å². The highest BCUT2D eigenvalue weighted by Crippen LogP contribution is 1.78. The van der Waals surface area contributed by atoms with E-state index in [9.17, 15) is 0 Å². The molecule has 62 valence electrons. The zero-order valence-corrected chi connectivity index (χ0v) is 7.16. The lowest BCUT2D eigenvalue weighted by molar-refractivity contribution is -0.697. The van der Waals surface area contributed by atoms with Crippen molar-refractivity contribution < 1.29 is 9.30 Å². The number of rotatable bonds is 4. The lowest BCUT2D eigenvalue weighted by Gasteiger charge is -1.96. The predicted octanol–water partition coefficient (Wildman–Crippen LogP) is 0.349. The average Bonchev–Trinajstić information content (AvgIpc) is 2.37. The molecule has 0 aliphatic heterocycles. The van der Waals surface area contributed by atoms with Gasteiger partial charge in [0.1, 0.15) is 18.9 Å². The molecule has 0 spiro atoms. The van der Waals surface area contributed by atoms with Gasteiger partial charge in [-0.3, -0.25) is 0 Å². The minimum absolute atomic E-state index is 0.797. The molecule has 0 fully saturated rings. The van der Waals surface area contributed by atoms with Crippen molar-refractivity contribution in [3.05, 3.63) is 18.7 Å². The van der Waals surface area contributed by atoms with Crippen molar-refractivity contribution >= 4 is 0 Å². The van der Waals surface area contributed by atoms with Crippen LogP contribution in [0.5, 0.6) is 0 Å². The van der Waals surface area contributed by atoms with Gasteiger partial charge in [0.25, 0.3) is 0 Å². The molecule has 0 saturated heterocycles. The molecule has 0 saturated carbocycles. The van der Waals surface area contributed by atoms with Gasteiger partial charge in [-0.05, 0) is 6.92 Å². The number of hydrogen-bond donors (Lipinski definition) is 0. The van der Waals surface area contributed by atoms with Gasteiger partial charge < -0.3 is 4.74 Å². The SMILES string of the molecule is CCOCC[n+]1ccn(C)c1. The number of aryl methyl sites for hydroxylation is 1. The normalized spacial score (nSPS) is 10.4. The molecule has 0 aliphatic rings. The first-order valence-electron chi connectivity index (χ1n) is 3.91. The summed E-state index contributed by atoms with van der Waals surface area (Å²) in [6.07, 6.45) is 6.10. The second kappa shape index (κ2) is 4.13. The maximum absolute atomic E-state index is 5.22. The maximum Gasteiger partial charge on any atom is 0.243 e. The number of aromatic nitrogens is 2. The van der Waals surface area contributed by atoms with Crippen molar-refractivity contribution in [1.82, 2.24) is 4.57 Å². The highest BCUT2D eigenvalue weighted by Gasteiger charge is 1.97. The van der Waals surface area contributed by atoms with Crippen LogP contribution in [0.4, 0.5) is 0 Å². The molecule has 1 heterocycles. The van der Waals surface area contributed by atoms with Gasteiger partial charge in [-0.15, -0.1) is 0 Å². The third-order valence-corrected chi connectivity index (χ3v) is 1.52. The van der Waals surface area contributed by atoms with E-state index in [1.807, 2.05) is 37.3 Å². The van der Waals surface area contributed by atoms with E-state index < -0.39 is 0 Å². The van der Waals surface area contributed by atoms with E-state index in [0.29, 0.717) is 0 Å². The molecule has 0 unspecified atom stereocenters. The fourth-order valence-corrected chi connectivity index (χ4v) is 0.948. The van der Waals surface area contributed by atoms with Gasteiger partial charge in [-0.2, -0.15) is 0 Å². The number of hydrogen-bond acceptors (Lipinski definition) is 1. The molecule has 0 aromatic carbocycles. The van der Waals surface area contributed by atoms with Crippen LogP contribution in [0.25, 0.3) is 0 Å². The lowest BCUT2D eigenvalue weighted by Crippen LogP contribution is -2.33. The summed E-state index contributed by atoms with van der Waals surface area (Å²) < 4.78 is 9.34. The second-order valence-corrected chi connectivity index (χ2v) is 2.51. The first kappa shape index (κ1) is 8.27. The molecular weight excluding hydrogens is 140 g/mol. The second-order valence-electron chi connectivity index (χ2n) is 2.51. The summed E-state index contributed by atoms with van der Waals surface area (Å²) in [7, 11) is 2.01. The van der Waals surface area contributed by atoms with Gasteiger partial charge >= 0.3 is 0 Å². The Hall–Kier alpha value is -0.830. The van der Waals surface area contributed by atoms with Crippen LogP contribution in [0, 0.1) is 0 Å². The molecule has 0 aliphatic carbocycles.